The van der Waals surface area contributed by atoms with Gasteiger partial charge in [0.05, 0.1) is 5.02 Å². The third kappa shape index (κ3) is 3.84. The molecule has 1 heterocycles. The van der Waals surface area contributed by atoms with Crippen LogP contribution in [0.1, 0.15) is 5.56 Å². The Hall–Kier alpha value is -1.73. The van der Waals surface area contributed by atoms with E-state index in [1.54, 1.807) is 24.5 Å². The van der Waals surface area contributed by atoms with Crippen LogP contribution in [-0.4, -0.2) is 4.98 Å². The van der Waals surface area contributed by atoms with Crippen molar-refractivity contribution in [2.45, 2.75) is 6.54 Å². The minimum Gasteiger partial charge on any atom is -0.381 e. The van der Waals surface area contributed by atoms with Gasteiger partial charge in [0.25, 0.3) is 0 Å². The zero-order valence-corrected chi connectivity index (χ0v) is 15.3. The Kier molecular flexibility index (Phi) is 5.30. The van der Waals surface area contributed by atoms with E-state index in [1.165, 1.54) is 12.1 Å². The Labute approximate surface area is 157 Å². The van der Waals surface area contributed by atoms with Gasteiger partial charge in [-0.05, 0) is 70.1 Å². The number of nitrogens with zero attached hydrogens (tertiary/aromatic N) is 1. The standard InChI is InChI=1S/C18H12ClF2IN2/c19-15-7-13(3-4-18(15)22)24-10-12-6-16(20)17(21)8-14(12)11-2-1-5-23-9-11/h1-9,24H,10H2. The summed E-state index contributed by atoms with van der Waals surface area (Å²) in [6.45, 7) is 0.332. The summed E-state index contributed by atoms with van der Waals surface area (Å²) in [5.41, 5.74) is 2.78. The van der Waals surface area contributed by atoms with Gasteiger partial charge in [-0.15, -0.1) is 0 Å². The summed E-state index contributed by atoms with van der Waals surface area (Å²) in [5.74, 6) is -1.75. The molecule has 6 heteroatoms. The van der Waals surface area contributed by atoms with Crippen LogP contribution < -0.4 is 5.32 Å². The second kappa shape index (κ2) is 7.44. The molecule has 3 aromatic rings. The SMILES string of the molecule is Fc1cc(CNc2ccc(I)c(Cl)c2)c(-c2cccnc2)cc1F. The highest BCUT2D eigenvalue weighted by Gasteiger charge is 2.12. The molecule has 0 fully saturated rings. The topological polar surface area (TPSA) is 24.9 Å². The summed E-state index contributed by atoms with van der Waals surface area (Å²) in [7, 11) is 0. The van der Waals surface area contributed by atoms with Gasteiger partial charge in [0, 0.05) is 33.8 Å². The Bertz CT molecular complexity index is 872. The molecule has 0 aliphatic carbocycles. The van der Waals surface area contributed by atoms with E-state index in [9.17, 15) is 8.78 Å². The summed E-state index contributed by atoms with van der Waals surface area (Å²) in [4.78, 5) is 4.04. The molecular weight excluding hydrogens is 445 g/mol. The van der Waals surface area contributed by atoms with Crippen LogP contribution in [0.4, 0.5) is 14.5 Å². The lowest BCUT2D eigenvalue weighted by Crippen LogP contribution is -2.03. The lowest BCUT2D eigenvalue weighted by atomic mass is 10.0. The van der Waals surface area contributed by atoms with Crippen LogP contribution in [0.15, 0.2) is 54.9 Å². The lowest BCUT2D eigenvalue weighted by Gasteiger charge is -2.13. The van der Waals surface area contributed by atoms with Crippen LogP contribution in [0.2, 0.25) is 5.02 Å². The summed E-state index contributed by atoms with van der Waals surface area (Å²) >= 11 is 8.25. The van der Waals surface area contributed by atoms with Gasteiger partial charge in [-0.3, -0.25) is 4.98 Å². The monoisotopic (exact) mass is 456 g/mol. The first-order valence-corrected chi connectivity index (χ1v) is 8.57. The fraction of sp³-hybridized carbons (Fsp3) is 0.0556. The van der Waals surface area contributed by atoms with Gasteiger partial charge in [-0.1, -0.05) is 17.7 Å². The Balaban J connectivity index is 1.92. The van der Waals surface area contributed by atoms with Gasteiger partial charge in [0.15, 0.2) is 11.6 Å². The highest BCUT2D eigenvalue weighted by Crippen LogP contribution is 2.27. The van der Waals surface area contributed by atoms with E-state index in [1.807, 2.05) is 18.2 Å². The van der Waals surface area contributed by atoms with Gasteiger partial charge in [0.2, 0.25) is 0 Å². The molecule has 0 radical (unpaired) electrons. The third-order valence-electron chi connectivity index (χ3n) is 3.52. The third-order valence-corrected chi connectivity index (χ3v) is 5.09. The van der Waals surface area contributed by atoms with E-state index >= 15 is 0 Å². The summed E-state index contributed by atoms with van der Waals surface area (Å²) in [5, 5.41) is 3.83. The second-order valence-electron chi connectivity index (χ2n) is 5.15. The van der Waals surface area contributed by atoms with Crippen LogP contribution in [0.25, 0.3) is 11.1 Å². The number of benzene rings is 2. The molecule has 0 amide bonds. The Morgan fingerprint density at radius 1 is 1.08 bits per heavy atom. The maximum atomic E-state index is 13.7. The predicted octanol–water partition coefficient (Wildman–Crippen LogP) is 5.90. The summed E-state index contributed by atoms with van der Waals surface area (Å²) < 4.78 is 28.3. The number of pyridine rings is 1. The minimum absolute atomic E-state index is 0.332. The first-order chi connectivity index (χ1) is 11.5. The molecule has 1 aromatic heterocycles. The molecule has 24 heavy (non-hydrogen) atoms. The molecule has 1 N–H and O–H groups in total. The van der Waals surface area contributed by atoms with Gasteiger partial charge in [-0.25, -0.2) is 8.78 Å². The number of aromatic nitrogens is 1. The zero-order chi connectivity index (χ0) is 17.1. The summed E-state index contributed by atoms with van der Waals surface area (Å²) in [6, 6.07) is 11.5. The van der Waals surface area contributed by atoms with Gasteiger partial charge in [-0.2, -0.15) is 0 Å². The van der Waals surface area contributed by atoms with Crippen molar-refractivity contribution in [2.75, 3.05) is 5.32 Å². The molecule has 3 rings (SSSR count). The van der Waals surface area contributed by atoms with Crippen molar-refractivity contribution in [3.8, 4) is 11.1 Å². The molecule has 2 aromatic carbocycles. The molecule has 0 atom stereocenters. The number of halogens is 4. The molecule has 0 saturated carbocycles. The van der Waals surface area contributed by atoms with Crippen LogP contribution in [0, 0.1) is 15.2 Å². The van der Waals surface area contributed by atoms with E-state index < -0.39 is 11.6 Å². The quantitative estimate of drug-likeness (QED) is 0.495. The Morgan fingerprint density at radius 2 is 1.88 bits per heavy atom. The molecule has 0 spiro atoms. The molecule has 0 unspecified atom stereocenters. The average Bonchev–Trinajstić information content (AvgIpc) is 2.59. The molecule has 122 valence electrons. The highest BCUT2D eigenvalue weighted by molar-refractivity contribution is 14.1. The number of nitrogens with one attached hydrogen (secondary N) is 1. The van der Waals surface area contributed by atoms with Crippen molar-refractivity contribution in [3.63, 3.8) is 0 Å². The number of hydrogen-bond donors (Lipinski definition) is 1. The smallest absolute Gasteiger partial charge is 0.159 e. The van der Waals surface area contributed by atoms with Gasteiger partial charge >= 0.3 is 0 Å². The number of rotatable bonds is 4. The largest absolute Gasteiger partial charge is 0.381 e. The highest BCUT2D eigenvalue weighted by atomic mass is 127. The number of anilines is 1. The van der Waals surface area contributed by atoms with E-state index in [2.05, 4.69) is 32.9 Å². The van der Waals surface area contributed by atoms with Crippen LogP contribution in [-0.2, 0) is 6.54 Å². The minimum atomic E-state index is -0.880. The fourth-order valence-corrected chi connectivity index (χ4v) is 2.84. The maximum Gasteiger partial charge on any atom is 0.159 e. The van der Waals surface area contributed by atoms with Crippen molar-refractivity contribution < 1.29 is 8.78 Å². The van der Waals surface area contributed by atoms with E-state index in [-0.39, 0.29) is 0 Å². The molecular formula is C18H12ClF2IN2. The predicted molar refractivity (Wildman–Crippen MR) is 101 cm³/mol. The maximum absolute atomic E-state index is 13.7. The van der Waals surface area contributed by atoms with Crippen LogP contribution in [0.5, 0.6) is 0 Å². The first kappa shape index (κ1) is 17.1. The first-order valence-electron chi connectivity index (χ1n) is 7.12. The number of hydrogen-bond acceptors (Lipinski definition) is 2. The van der Waals surface area contributed by atoms with Crippen LogP contribution in [0.3, 0.4) is 0 Å². The average molecular weight is 457 g/mol. The molecule has 0 bridgehead atoms. The molecule has 0 aliphatic rings. The van der Waals surface area contributed by atoms with E-state index in [4.69, 9.17) is 11.6 Å². The lowest BCUT2D eigenvalue weighted by molar-refractivity contribution is 0.508. The molecule has 2 nitrogen and oxygen atoms in total. The normalized spacial score (nSPS) is 10.7. The van der Waals surface area contributed by atoms with Crippen LogP contribution >= 0.6 is 34.2 Å². The fourth-order valence-electron chi connectivity index (χ4n) is 2.33. The molecule has 0 saturated heterocycles. The van der Waals surface area contributed by atoms with Gasteiger partial charge in [0.1, 0.15) is 0 Å². The van der Waals surface area contributed by atoms with Crippen molar-refractivity contribution in [2.24, 2.45) is 0 Å². The Morgan fingerprint density at radius 3 is 2.58 bits per heavy atom. The van der Waals surface area contributed by atoms with Crippen molar-refractivity contribution in [1.29, 1.82) is 0 Å². The zero-order valence-electron chi connectivity index (χ0n) is 12.4. The molecule has 0 aliphatic heterocycles. The van der Waals surface area contributed by atoms with Crippen molar-refractivity contribution in [1.82, 2.24) is 4.98 Å². The van der Waals surface area contributed by atoms with Gasteiger partial charge < -0.3 is 5.32 Å². The summed E-state index contributed by atoms with van der Waals surface area (Å²) in [6.07, 6.45) is 3.26. The van der Waals surface area contributed by atoms with E-state index in [0.29, 0.717) is 22.7 Å². The van der Waals surface area contributed by atoms with Crippen molar-refractivity contribution >= 4 is 39.9 Å². The van der Waals surface area contributed by atoms with Crippen molar-refractivity contribution in [3.05, 3.63) is 80.6 Å². The second-order valence-corrected chi connectivity index (χ2v) is 6.72. The van der Waals surface area contributed by atoms with E-state index in [0.717, 1.165) is 14.8 Å².